The van der Waals surface area contributed by atoms with Crippen molar-refractivity contribution in [1.29, 1.82) is 0 Å². The van der Waals surface area contributed by atoms with Crippen LogP contribution < -0.4 is 0 Å². The van der Waals surface area contributed by atoms with Crippen molar-refractivity contribution in [2.75, 3.05) is 0 Å². The van der Waals surface area contributed by atoms with E-state index in [0.717, 1.165) is 12.8 Å². The Balaban J connectivity index is 2.70. The highest BCUT2D eigenvalue weighted by Gasteiger charge is 2.42. The van der Waals surface area contributed by atoms with Crippen LogP contribution in [0.1, 0.15) is 53.9 Å². The van der Waals surface area contributed by atoms with Gasteiger partial charge in [0.2, 0.25) is 0 Å². The molecular weight excluding hydrogens is 160 g/mol. The Morgan fingerprint density at radius 1 is 1.15 bits per heavy atom. The molecule has 2 atom stereocenters. The van der Waals surface area contributed by atoms with Gasteiger partial charge in [-0.15, -0.1) is 0 Å². The average Bonchev–Trinajstić information content (AvgIpc) is 1.98. The molecule has 0 bridgehead atoms. The maximum Gasteiger partial charge on any atom is 0.0596 e. The maximum atomic E-state index is 10.0. The summed E-state index contributed by atoms with van der Waals surface area (Å²) in [5.41, 5.74) is 0.489. The summed E-state index contributed by atoms with van der Waals surface area (Å²) in [6.45, 7) is 11.2. The van der Waals surface area contributed by atoms with Gasteiger partial charge in [0.15, 0.2) is 0 Å². The molecule has 0 amide bonds. The molecule has 1 fully saturated rings. The third-order valence-electron chi connectivity index (χ3n) is 4.30. The summed E-state index contributed by atoms with van der Waals surface area (Å²) in [7, 11) is 0. The lowest BCUT2D eigenvalue weighted by atomic mass is 9.60. The summed E-state index contributed by atoms with van der Waals surface area (Å²) >= 11 is 0. The quantitative estimate of drug-likeness (QED) is 0.663. The molecule has 1 aliphatic rings. The second kappa shape index (κ2) is 3.27. The monoisotopic (exact) mass is 184 g/mol. The molecule has 0 spiro atoms. The first kappa shape index (κ1) is 11.0. The minimum absolute atomic E-state index is 0.117. The third-order valence-corrected chi connectivity index (χ3v) is 4.30. The minimum atomic E-state index is -0.117. The number of rotatable bonds is 1. The molecule has 0 aliphatic heterocycles. The molecule has 0 aromatic carbocycles. The molecule has 13 heavy (non-hydrogen) atoms. The molecule has 1 rings (SSSR count). The Bertz CT molecular complexity index is 184. The van der Waals surface area contributed by atoms with Gasteiger partial charge in [-0.05, 0) is 36.0 Å². The molecule has 2 unspecified atom stereocenters. The van der Waals surface area contributed by atoms with Gasteiger partial charge < -0.3 is 5.11 Å². The first-order chi connectivity index (χ1) is 5.78. The van der Waals surface area contributed by atoms with Gasteiger partial charge in [-0.1, -0.05) is 34.6 Å². The highest BCUT2D eigenvalue weighted by atomic mass is 16.3. The van der Waals surface area contributed by atoms with Crippen LogP contribution >= 0.6 is 0 Å². The van der Waals surface area contributed by atoms with Crippen molar-refractivity contribution in [1.82, 2.24) is 0 Å². The molecule has 1 nitrogen and oxygen atoms in total. The predicted octanol–water partition coefficient (Wildman–Crippen LogP) is 3.22. The summed E-state index contributed by atoms with van der Waals surface area (Å²) in [6.07, 6.45) is 3.27. The SMILES string of the molecule is CC(C)C1(C)CCC(C)(C)C(O)C1. The van der Waals surface area contributed by atoms with Gasteiger partial charge in [0.05, 0.1) is 6.10 Å². The summed E-state index contributed by atoms with van der Waals surface area (Å²) in [6, 6.07) is 0. The van der Waals surface area contributed by atoms with Crippen LogP contribution in [0, 0.1) is 16.7 Å². The van der Waals surface area contributed by atoms with Crippen LogP contribution in [0.2, 0.25) is 0 Å². The van der Waals surface area contributed by atoms with Gasteiger partial charge in [0, 0.05) is 0 Å². The Kier molecular flexibility index (Phi) is 2.78. The number of aliphatic hydroxyl groups excluding tert-OH is 1. The van der Waals surface area contributed by atoms with Crippen LogP contribution in [0.15, 0.2) is 0 Å². The summed E-state index contributed by atoms with van der Waals surface area (Å²) in [5.74, 6) is 0.679. The van der Waals surface area contributed by atoms with Crippen molar-refractivity contribution >= 4 is 0 Å². The van der Waals surface area contributed by atoms with E-state index in [1.807, 2.05) is 0 Å². The maximum absolute atomic E-state index is 10.0. The Morgan fingerprint density at radius 3 is 2.08 bits per heavy atom. The standard InChI is InChI=1S/C12H24O/c1-9(2)12(5)7-6-11(3,4)10(13)8-12/h9-10,13H,6-8H2,1-5H3. The van der Waals surface area contributed by atoms with E-state index in [1.54, 1.807) is 0 Å². The zero-order valence-corrected chi connectivity index (χ0v) is 9.72. The summed E-state index contributed by atoms with van der Waals surface area (Å²) < 4.78 is 0. The summed E-state index contributed by atoms with van der Waals surface area (Å²) in [5, 5.41) is 10.0. The molecule has 78 valence electrons. The molecule has 1 saturated carbocycles. The first-order valence-electron chi connectivity index (χ1n) is 5.46. The molecule has 1 heteroatoms. The van der Waals surface area contributed by atoms with Gasteiger partial charge in [-0.2, -0.15) is 0 Å². The fourth-order valence-electron chi connectivity index (χ4n) is 2.12. The van der Waals surface area contributed by atoms with Crippen molar-refractivity contribution in [3.63, 3.8) is 0 Å². The van der Waals surface area contributed by atoms with Crippen LogP contribution in [0.25, 0.3) is 0 Å². The zero-order valence-electron chi connectivity index (χ0n) is 9.72. The van der Waals surface area contributed by atoms with Gasteiger partial charge >= 0.3 is 0 Å². The van der Waals surface area contributed by atoms with E-state index in [9.17, 15) is 5.11 Å². The molecule has 0 aromatic heterocycles. The van der Waals surface area contributed by atoms with Crippen molar-refractivity contribution in [2.45, 2.75) is 60.0 Å². The average molecular weight is 184 g/mol. The van der Waals surface area contributed by atoms with Gasteiger partial charge in [-0.25, -0.2) is 0 Å². The Hall–Kier alpha value is -0.0400. The van der Waals surface area contributed by atoms with E-state index in [-0.39, 0.29) is 11.5 Å². The molecule has 0 heterocycles. The smallest absolute Gasteiger partial charge is 0.0596 e. The van der Waals surface area contributed by atoms with Crippen LogP contribution in [-0.4, -0.2) is 11.2 Å². The molecular formula is C12H24O. The van der Waals surface area contributed by atoms with E-state index >= 15 is 0 Å². The highest BCUT2D eigenvalue weighted by Crippen LogP contribution is 2.48. The first-order valence-corrected chi connectivity index (χ1v) is 5.46. The number of hydrogen-bond acceptors (Lipinski definition) is 1. The number of aliphatic hydroxyl groups is 1. The second-order valence-corrected chi connectivity index (χ2v) is 6.02. The topological polar surface area (TPSA) is 20.2 Å². The highest BCUT2D eigenvalue weighted by molar-refractivity contribution is 4.93. The summed E-state index contributed by atoms with van der Waals surface area (Å²) in [4.78, 5) is 0. The lowest BCUT2D eigenvalue weighted by Gasteiger charge is -2.47. The lowest BCUT2D eigenvalue weighted by molar-refractivity contribution is -0.0538. The Labute approximate surface area is 82.5 Å². The molecule has 0 saturated heterocycles. The minimum Gasteiger partial charge on any atom is -0.393 e. The number of hydrogen-bond donors (Lipinski definition) is 1. The lowest BCUT2D eigenvalue weighted by Crippen LogP contribution is -2.42. The normalized spacial score (nSPS) is 39.5. The van der Waals surface area contributed by atoms with Crippen molar-refractivity contribution in [3.8, 4) is 0 Å². The van der Waals surface area contributed by atoms with Crippen LogP contribution in [0.3, 0.4) is 0 Å². The molecule has 1 aliphatic carbocycles. The van der Waals surface area contributed by atoms with Crippen molar-refractivity contribution < 1.29 is 5.11 Å². The van der Waals surface area contributed by atoms with Crippen LogP contribution in [0.4, 0.5) is 0 Å². The van der Waals surface area contributed by atoms with Crippen molar-refractivity contribution in [2.24, 2.45) is 16.7 Å². The van der Waals surface area contributed by atoms with Crippen LogP contribution in [0.5, 0.6) is 0 Å². The van der Waals surface area contributed by atoms with Gasteiger partial charge in [0.1, 0.15) is 0 Å². The van der Waals surface area contributed by atoms with Crippen LogP contribution in [-0.2, 0) is 0 Å². The Morgan fingerprint density at radius 2 is 1.69 bits per heavy atom. The van der Waals surface area contributed by atoms with E-state index in [1.165, 1.54) is 6.42 Å². The fourth-order valence-corrected chi connectivity index (χ4v) is 2.12. The van der Waals surface area contributed by atoms with E-state index in [2.05, 4.69) is 34.6 Å². The molecule has 0 aromatic rings. The predicted molar refractivity (Wildman–Crippen MR) is 56.6 cm³/mol. The van der Waals surface area contributed by atoms with Crippen molar-refractivity contribution in [3.05, 3.63) is 0 Å². The third kappa shape index (κ3) is 2.07. The van der Waals surface area contributed by atoms with E-state index < -0.39 is 0 Å². The van der Waals surface area contributed by atoms with E-state index in [0.29, 0.717) is 11.3 Å². The van der Waals surface area contributed by atoms with Gasteiger partial charge in [0.25, 0.3) is 0 Å². The van der Waals surface area contributed by atoms with E-state index in [4.69, 9.17) is 0 Å². The fraction of sp³-hybridized carbons (Fsp3) is 1.00. The van der Waals surface area contributed by atoms with Gasteiger partial charge in [-0.3, -0.25) is 0 Å². The molecule has 0 radical (unpaired) electrons. The second-order valence-electron chi connectivity index (χ2n) is 6.02. The molecule has 1 N–H and O–H groups in total. The zero-order chi connectivity index (χ0) is 10.3. The largest absolute Gasteiger partial charge is 0.393 e.